The first-order valence-electron chi connectivity index (χ1n) is 10.6. The zero-order chi connectivity index (χ0) is 23.2. The van der Waals surface area contributed by atoms with Gasteiger partial charge in [0.1, 0.15) is 0 Å². The molecule has 0 unspecified atom stereocenters. The van der Waals surface area contributed by atoms with Crippen LogP contribution in [-0.2, 0) is 0 Å². The molecule has 1 amide bonds. The summed E-state index contributed by atoms with van der Waals surface area (Å²) in [5.41, 5.74) is 3.49. The Kier molecular flexibility index (Phi) is 6.54. The minimum atomic E-state index is -0.473. The van der Waals surface area contributed by atoms with Crippen molar-refractivity contribution in [2.45, 2.75) is 19.3 Å². The summed E-state index contributed by atoms with van der Waals surface area (Å²) in [7, 11) is 0. The molecule has 0 radical (unpaired) electrons. The van der Waals surface area contributed by atoms with Gasteiger partial charge in [-0.15, -0.1) is 5.10 Å². The molecule has 4 rings (SSSR count). The van der Waals surface area contributed by atoms with E-state index in [9.17, 15) is 14.9 Å². The van der Waals surface area contributed by atoms with Gasteiger partial charge in [-0.3, -0.25) is 14.9 Å². The highest BCUT2D eigenvalue weighted by Gasteiger charge is 2.19. The second kappa shape index (κ2) is 9.86. The van der Waals surface area contributed by atoms with Crippen molar-refractivity contribution in [3.63, 3.8) is 0 Å². The van der Waals surface area contributed by atoms with E-state index in [1.807, 2.05) is 36.4 Å². The molecule has 0 aliphatic carbocycles. The molecule has 1 N–H and O–H groups in total. The molecule has 0 saturated carbocycles. The minimum Gasteiger partial charge on any atom is -0.351 e. The van der Waals surface area contributed by atoms with Gasteiger partial charge in [-0.05, 0) is 30.5 Å². The topological polar surface area (TPSA) is 103 Å². The van der Waals surface area contributed by atoms with Gasteiger partial charge in [0.2, 0.25) is 0 Å². The molecule has 1 aromatic heterocycles. The predicted molar refractivity (Wildman–Crippen MR) is 124 cm³/mol. The molecule has 0 atom stereocenters. The van der Waals surface area contributed by atoms with Crippen LogP contribution in [0.25, 0.3) is 5.69 Å². The highest BCUT2D eigenvalue weighted by molar-refractivity contribution is 5.93. The average molecular weight is 441 g/mol. The fourth-order valence-electron chi connectivity index (χ4n) is 3.83. The van der Waals surface area contributed by atoms with E-state index in [1.54, 1.807) is 19.1 Å². The fourth-order valence-corrected chi connectivity index (χ4v) is 3.83. The van der Waals surface area contributed by atoms with E-state index in [-0.39, 0.29) is 23.2 Å². The Morgan fingerprint density at radius 2 is 1.64 bits per heavy atom. The van der Waals surface area contributed by atoms with Crippen molar-refractivity contribution in [1.29, 1.82) is 0 Å². The van der Waals surface area contributed by atoms with Gasteiger partial charge >= 0.3 is 0 Å². The zero-order valence-corrected chi connectivity index (χ0v) is 18.1. The van der Waals surface area contributed by atoms with Crippen LogP contribution in [0.3, 0.4) is 0 Å². The summed E-state index contributed by atoms with van der Waals surface area (Å²) in [6, 6.07) is 26.4. The van der Waals surface area contributed by atoms with Crippen LogP contribution in [0.5, 0.6) is 0 Å². The van der Waals surface area contributed by atoms with Crippen LogP contribution >= 0.6 is 0 Å². The lowest BCUT2D eigenvalue weighted by Crippen LogP contribution is -2.27. The van der Waals surface area contributed by atoms with Crippen LogP contribution < -0.4 is 5.32 Å². The number of aromatic nitrogens is 3. The van der Waals surface area contributed by atoms with Crippen LogP contribution in [0.1, 0.15) is 39.6 Å². The maximum atomic E-state index is 12.8. The molecule has 0 spiro atoms. The van der Waals surface area contributed by atoms with Crippen molar-refractivity contribution in [2.75, 3.05) is 6.54 Å². The lowest BCUT2D eigenvalue weighted by Gasteiger charge is -2.18. The zero-order valence-electron chi connectivity index (χ0n) is 18.1. The van der Waals surface area contributed by atoms with Crippen LogP contribution in [0.2, 0.25) is 0 Å². The summed E-state index contributed by atoms with van der Waals surface area (Å²) in [4.78, 5) is 23.4. The monoisotopic (exact) mass is 441 g/mol. The predicted octanol–water partition coefficient (Wildman–Crippen LogP) is 4.44. The van der Waals surface area contributed by atoms with E-state index in [0.717, 1.165) is 6.42 Å². The number of non-ortho nitro benzene ring substituents is 1. The van der Waals surface area contributed by atoms with Crippen molar-refractivity contribution < 1.29 is 9.72 Å². The minimum absolute atomic E-state index is 0.0544. The van der Waals surface area contributed by atoms with Crippen molar-refractivity contribution in [3.05, 3.63) is 118 Å². The molecule has 0 fully saturated rings. The molecule has 166 valence electrons. The van der Waals surface area contributed by atoms with Crippen molar-refractivity contribution >= 4 is 11.6 Å². The number of hydrogen-bond donors (Lipinski definition) is 1. The maximum Gasteiger partial charge on any atom is 0.273 e. The summed E-state index contributed by atoms with van der Waals surface area (Å²) in [5, 5.41) is 22.0. The molecule has 0 aliphatic rings. The summed E-state index contributed by atoms with van der Waals surface area (Å²) in [6.07, 6.45) is 0.720. The highest BCUT2D eigenvalue weighted by atomic mass is 16.6. The third kappa shape index (κ3) is 4.95. The lowest BCUT2D eigenvalue weighted by atomic mass is 9.88. The van der Waals surface area contributed by atoms with E-state index in [0.29, 0.717) is 17.9 Å². The van der Waals surface area contributed by atoms with Gasteiger partial charge in [-0.25, -0.2) is 4.68 Å². The number of carbonyl (C=O) groups excluding carboxylic acids is 1. The first-order valence-corrected chi connectivity index (χ1v) is 10.6. The molecule has 0 saturated heterocycles. The third-order valence-corrected chi connectivity index (χ3v) is 5.52. The first-order chi connectivity index (χ1) is 16.0. The fraction of sp³-hybridized carbons (Fsp3) is 0.160. The van der Waals surface area contributed by atoms with Gasteiger partial charge < -0.3 is 5.32 Å². The molecule has 0 aliphatic heterocycles. The van der Waals surface area contributed by atoms with E-state index >= 15 is 0 Å². The number of nitrogens with zero attached hydrogens (tertiary/aromatic N) is 4. The third-order valence-electron chi connectivity index (χ3n) is 5.52. The van der Waals surface area contributed by atoms with E-state index in [4.69, 9.17) is 0 Å². The van der Waals surface area contributed by atoms with Crippen LogP contribution in [-0.4, -0.2) is 32.4 Å². The highest BCUT2D eigenvalue weighted by Crippen LogP contribution is 2.27. The number of amides is 1. The molecular formula is C25H23N5O3. The van der Waals surface area contributed by atoms with Gasteiger partial charge in [0.05, 0.1) is 16.3 Å². The quantitative estimate of drug-likeness (QED) is 0.322. The van der Waals surface area contributed by atoms with Crippen LogP contribution in [0.15, 0.2) is 84.9 Å². The van der Waals surface area contributed by atoms with Gasteiger partial charge in [-0.2, -0.15) is 0 Å². The van der Waals surface area contributed by atoms with Crippen molar-refractivity contribution in [1.82, 2.24) is 20.3 Å². The van der Waals surface area contributed by atoms with Gasteiger partial charge in [0.25, 0.3) is 11.6 Å². The second-order valence-corrected chi connectivity index (χ2v) is 7.63. The van der Waals surface area contributed by atoms with Crippen LogP contribution in [0, 0.1) is 17.0 Å². The number of rotatable bonds is 8. The Hall–Kier alpha value is -4.33. The molecule has 33 heavy (non-hydrogen) atoms. The SMILES string of the molecule is Cc1c(C(=O)NCCC(c2ccccc2)c2ccccc2)nnn1-c1cccc([N+](=O)[O-])c1. The Labute approximate surface area is 191 Å². The van der Waals surface area contributed by atoms with E-state index in [1.165, 1.54) is 27.9 Å². The molecular weight excluding hydrogens is 418 g/mol. The number of hydrogen-bond acceptors (Lipinski definition) is 5. The average Bonchev–Trinajstić information content (AvgIpc) is 3.24. The second-order valence-electron chi connectivity index (χ2n) is 7.63. The molecule has 0 bridgehead atoms. The smallest absolute Gasteiger partial charge is 0.273 e. The van der Waals surface area contributed by atoms with Crippen LogP contribution in [0.4, 0.5) is 5.69 Å². The van der Waals surface area contributed by atoms with E-state index in [2.05, 4.69) is 39.9 Å². The van der Waals surface area contributed by atoms with E-state index < -0.39 is 4.92 Å². The molecule has 8 heteroatoms. The summed E-state index contributed by atoms with van der Waals surface area (Å²) in [6.45, 7) is 2.17. The Morgan fingerprint density at radius 3 is 2.24 bits per heavy atom. The Morgan fingerprint density at radius 1 is 1.00 bits per heavy atom. The number of nitro groups is 1. The molecule has 3 aromatic carbocycles. The Balaban J connectivity index is 1.47. The standard InChI is InChI=1S/C25H23N5O3/c1-18-24(27-28-29(18)21-13-8-14-22(17-21)30(32)33)25(31)26-16-15-23(19-9-4-2-5-10-19)20-11-6-3-7-12-20/h2-14,17,23H,15-16H2,1H3,(H,26,31). The van der Waals surface area contributed by atoms with Gasteiger partial charge in [0, 0.05) is 24.6 Å². The molecule has 1 heterocycles. The summed E-state index contributed by atoms with van der Waals surface area (Å²) >= 11 is 0. The molecule has 8 nitrogen and oxygen atoms in total. The van der Waals surface area contributed by atoms with Gasteiger partial charge in [0.15, 0.2) is 5.69 Å². The summed E-state index contributed by atoms with van der Waals surface area (Å²) < 4.78 is 1.43. The number of nitrogens with one attached hydrogen (secondary N) is 1. The largest absolute Gasteiger partial charge is 0.351 e. The first kappa shape index (κ1) is 21.9. The lowest BCUT2D eigenvalue weighted by molar-refractivity contribution is -0.384. The normalized spacial score (nSPS) is 10.8. The number of nitro benzene ring substituents is 1. The Bertz CT molecular complexity index is 1220. The van der Waals surface area contributed by atoms with Gasteiger partial charge in [-0.1, -0.05) is 71.9 Å². The molecule has 4 aromatic rings. The number of carbonyl (C=O) groups is 1. The van der Waals surface area contributed by atoms with Crippen molar-refractivity contribution in [2.24, 2.45) is 0 Å². The number of benzene rings is 3. The summed E-state index contributed by atoms with van der Waals surface area (Å²) in [5.74, 6) is -0.182. The van der Waals surface area contributed by atoms with Crippen molar-refractivity contribution in [3.8, 4) is 5.69 Å². The maximum absolute atomic E-state index is 12.8.